The van der Waals surface area contributed by atoms with E-state index >= 15 is 0 Å². The van der Waals surface area contributed by atoms with E-state index in [-0.39, 0.29) is 23.5 Å². The fourth-order valence-corrected chi connectivity index (χ4v) is 3.56. The van der Waals surface area contributed by atoms with Crippen molar-refractivity contribution in [2.24, 2.45) is 4.99 Å². The molecule has 11 heteroatoms. The van der Waals surface area contributed by atoms with Gasteiger partial charge in [0.15, 0.2) is 6.61 Å². The van der Waals surface area contributed by atoms with Gasteiger partial charge < -0.3 is 10.1 Å². The Bertz CT molecular complexity index is 1320. The minimum absolute atomic E-state index is 0.152. The number of alkyl halides is 6. The number of halogens is 6. The van der Waals surface area contributed by atoms with Gasteiger partial charge in [-0.25, -0.2) is 4.99 Å². The molecule has 0 saturated carbocycles. The molecule has 4 rings (SSSR count). The molecule has 2 aromatic carbocycles. The number of nitrogens with one attached hydrogen (secondary N) is 1. The molecular weight excluding hydrogens is 476 g/mol. The molecule has 2 heterocycles. The van der Waals surface area contributed by atoms with E-state index in [2.05, 4.69) is 20.0 Å². The van der Waals surface area contributed by atoms with Crippen LogP contribution in [0.2, 0.25) is 0 Å². The maximum atomic E-state index is 13.5. The second-order valence-corrected chi connectivity index (χ2v) is 7.82. The molecule has 0 saturated heterocycles. The number of hydrogen-bond donors (Lipinski definition) is 1. The van der Waals surface area contributed by atoms with Gasteiger partial charge >= 0.3 is 12.4 Å². The lowest BCUT2D eigenvalue weighted by Crippen LogP contribution is -2.21. The van der Waals surface area contributed by atoms with E-state index in [0.29, 0.717) is 11.6 Å². The Labute approximate surface area is 195 Å². The summed E-state index contributed by atoms with van der Waals surface area (Å²) in [6.07, 6.45) is -8.47. The lowest BCUT2D eigenvalue weighted by atomic mass is 10.00. The Morgan fingerprint density at radius 3 is 2.37 bits per heavy atom. The number of carbonyl (C=O) groups excluding carboxylic acids is 1. The zero-order valence-electron chi connectivity index (χ0n) is 18.1. The number of hydrogen-bond acceptors (Lipinski definition) is 4. The molecule has 5 nitrogen and oxygen atoms in total. The van der Waals surface area contributed by atoms with Gasteiger partial charge in [-0.15, -0.1) is 0 Å². The standard InChI is InChI=1S/C24H17F6N3O2/c1-13-7-15(5-6-31-13)14-3-2-4-16(8-14)18-11-22(34)33-19-9-17(24(28,29)30)21(10-20(19)32-18)35-12-23(25,26)27/h2-10H,11-12H2,1H3,(H,33,34). The Morgan fingerprint density at radius 2 is 1.69 bits per heavy atom. The average Bonchev–Trinajstić information content (AvgIpc) is 2.93. The normalized spacial score (nSPS) is 14.0. The Kier molecular flexibility index (Phi) is 6.27. The molecule has 182 valence electrons. The highest BCUT2D eigenvalue weighted by Crippen LogP contribution is 2.43. The fraction of sp³-hybridized carbons (Fsp3) is 0.208. The second kappa shape index (κ2) is 9.05. The van der Waals surface area contributed by atoms with Crippen molar-refractivity contribution in [3.63, 3.8) is 0 Å². The first kappa shape index (κ1) is 24.2. The highest BCUT2D eigenvalue weighted by molar-refractivity contribution is 6.17. The number of anilines is 1. The third-order valence-corrected chi connectivity index (χ3v) is 5.08. The van der Waals surface area contributed by atoms with Crippen LogP contribution in [0.15, 0.2) is 59.7 Å². The topological polar surface area (TPSA) is 63.6 Å². The minimum Gasteiger partial charge on any atom is -0.483 e. The lowest BCUT2D eigenvalue weighted by Gasteiger charge is -2.17. The van der Waals surface area contributed by atoms with E-state index < -0.39 is 36.2 Å². The molecule has 1 N–H and O–H groups in total. The molecular formula is C24H17F6N3O2. The number of pyridine rings is 1. The third kappa shape index (κ3) is 5.79. The molecule has 1 aliphatic rings. The van der Waals surface area contributed by atoms with Crippen molar-refractivity contribution in [1.29, 1.82) is 0 Å². The van der Waals surface area contributed by atoms with Gasteiger partial charge in [-0.2, -0.15) is 26.3 Å². The molecule has 0 atom stereocenters. The predicted octanol–water partition coefficient (Wildman–Crippen LogP) is 6.48. The lowest BCUT2D eigenvalue weighted by molar-refractivity contribution is -0.158. The van der Waals surface area contributed by atoms with Crippen molar-refractivity contribution in [1.82, 2.24) is 4.98 Å². The summed E-state index contributed by atoms with van der Waals surface area (Å²) in [5.74, 6) is -1.65. The number of rotatable bonds is 4. The molecule has 35 heavy (non-hydrogen) atoms. The van der Waals surface area contributed by atoms with Gasteiger partial charge in [0.1, 0.15) is 5.75 Å². The van der Waals surface area contributed by atoms with Crippen LogP contribution >= 0.6 is 0 Å². The van der Waals surface area contributed by atoms with Crippen molar-refractivity contribution in [2.45, 2.75) is 25.7 Å². The summed E-state index contributed by atoms with van der Waals surface area (Å²) in [6.45, 7) is -0.0805. The van der Waals surface area contributed by atoms with Gasteiger partial charge in [-0.1, -0.05) is 18.2 Å². The number of carbonyl (C=O) groups is 1. The van der Waals surface area contributed by atoms with Crippen molar-refractivity contribution >= 4 is 23.0 Å². The summed E-state index contributed by atoms with van der Waals surface area (Å²) in [7, 11) is 0. The molecule has 0 unspecified atom stereocenters. The van der Waals surface area contributed by atoms with Crippen LogP contribution in [0.3, 0.4) is 0 Å². The molecule has 3 aromatic rings. The summed E-state index contributed by atoms with van der Waals surface area (Å²) in [5.41, 5.74) is 1.32. The first-order valence-electron chi connectivity index (χ1n) is 10.2. The number of aryl methyl sites for hydroxylation is 1. The first-order chi connectivity index (χ1) is 16.4. The smallest absolute Gasteiger partial charge is 0.422 e. The second-order valence-electron chi connectivity index (χ2n) is 7.82. The first-order valence-corrected chi connectivity index (χ1v) is 10.2. The van der Waals surface area contributed by atoms with Gasteiger partial charge in [0.05, 0.1) is 29.1 Å². The third-order valence-electron chi connectivity index (χ3n) is 5.08. The zero-order chi connectivity index (χ0) is 25.4. The highest BCUT2D eigenvalue weighted by atomic mass is 19.4. The van der Waals surface area contributed by atoms with Gasteiger partial charge in [0.25, 0.3) is 0 Å². The van der Waals surface area contributed by atoms with Gasteiger partial charge in [0.2, 0.25) is 5.91 Å². The van der Waals surface area contributed by atoms with Crippen LogP contribution in [0.5, 0.6) is 5.75 Å². The van der Waals surface area contributed by atoms with Crippen LogP contribution in [0, 0.1) is 6.92 Å². The van der Waals surface area contributed by atoms with Gasteiger partial charge in [0, 0.05) is 18.0 Å². The van der Waals surface area contributed by atoms with Crippen LogP contribution in [-0.4, -0.2) is 29.4 Å². The quantitative estimate of drug-likeness (QED) is 0.423. The monoisotopic (exact) mass is 493 g/mol. The van der Waals surface area contributed by atoms with Crippen molar-refractivity contribution in [3.8, 4) is 16.9 Å². The van der Waals surface area contributed by atoms with Crippen LogP contribution in [0.25, 0.3) is 11.1 Å². The Morgan fingerprint density at radius 1 is 0.971 bits per heavy atom. The Hall–Kier alpha value is -3.89. The largest absolute Gasteiger partial charge is 0.483 e. The zero-order valence-corrected chi connectivity index (χ0v) is 18.1. The van der Waals surface area contributed by atoms with E-state index in [4.69, 9.17) is 0 Å². The molecule has 0 spiro atoms. The number of amides is 1. The van der Waals surface area contributed by atoms with Crippen LogP contribution in [0.4, 0.5) is 37.7 Å². The Balaban J connectivity index is 1.79. The highest BCUT2D eigenvalue weighted by Gasteiger charge is 2.38. The van der Waals surface area contributed by atoms with E-state index in [1.807, 2.05) is 19.1 Å². The molecule has 0 aliphatic carbocycles. The molecule has 1 aliphatic heterocycles. The molecule has 1 aromatic heterocycles. The predicted molar refractivity (Wildman–Crippen MR) is 117 cm³/mol. The number of aliphatic imine (C=N–C) groups is 1. The van der Waals surface area contributed by atoms with Crippen molar-refractivity contribution in [3.05, 3.63) is 71.5 Å². The summed E-state index contributed by atoms with van der Waals surface area (Å²) in [4.78, 5) is 21.0. The summed E-state index contributed by atoms with van der Waals surface area (Å²) in [5, 5.41) is 2.35. The van der Waals surface area contributed by atoms with E-state index in [9.17, 15) is 31.1 Å². The summed E-state index contributed by atoms with van der Waals surface area (Å²) >= 11 is 0. The van der Waals surface area contributed by atoms with E-state index in [1.165, 1.54) is 0 Å². The minimum atomic E-state index is -5.02. The van der Waals surface area contributed by atoms with Crippen LogP contribution in [-0.2, 0) is 11.0 Å². The number of fused-ring (bicyclic) bond motifs is 1. The SMILES string of the molecule is Cc1cc(-c2cccc(C3=Nc4cc(OCC(F)(F)F)c(C(F)(F)F)cc4NC(=O)C3)c2)ccn1. The van der Waals surface area contributed by atoms with E-state index in [1.54, 1.807) is 30.5 Å². The number of ether oxygens (including phenoxy) is 1. The maximum Gasteiger partial charge on any atom is 0.422 e. The van der Waals surface area contributed by atoms with Gasteiger partial charge in [-0.3, -0.25) is 9.78 Å². The van der Waals surface area contributed by atoms with Crippen LogP contribution < -0.4 is 10.1 Å². The summed E-state index contributed by atoms with van der Waals surface area (Å²) in [6, 6.07) is 12.0. The average molecular weight is 493 g/mol. The molecule has 1 amide bonds. The molecule has 0 bridgehead atoms. The summed E-state index contributed by atoms with van der Waals surface area (Å²) < 4.78 is 82.8. The van der Waals surface area contributed by atoms with E-state index in [0.717, 1.165) is 22.9 Å². The van der Waals surface area contributed by atoms with Crippen LogP contribution in [0.1, 0.15) is 23.2 Å². The number of aromatic nitrogens is 1. The number of nitrogens with zero attached hydrogens (tertiary/aromatic N) is 2. The van der Waals surface area contributed by atoms with Crippen molar-refractivity contribution < 1.29 is 35.9 Å². The fourth-order valence-electron chi connectivity index (χ4n) is 3.56. The van der Waals surface area contributed by atoms with Crippen molar-refractivity contribution in [2.75, 3.05) is 11.9 Å². The molecule has 0 fully saturated rings. The molecule has 0 radical (unpaired) electrons. The van der Waals surface area contributed by atoms with Gasteiger partial charge in [-0.05, 0) is 47.9 Å². The maximum absolute atomic E-state index is 13.5. The number of benzene rings is 2.